The van der Waals surface area contributed by atoms with Crippen LogP contribution >= 0.6 is 0 Å². The fourth-order valence-corrected chi connectivity index (χ4v) is 2.74. The smallest absolute Gasteiger partial charge is 0.423 e. The summed E-state index contributed by atoms with van der Waals surface area (Å²) in [6, 6.07) is 13.2. The number of aromatic nitrogens is 1. The number of carbonyl (C=O) groups is 1. The molecule has 0 bridgehead atoms. The van der Waals surface area contributed by atoms with Gasteiger partial charge in [-0.3, -0.25) is 4.79 Å². The van der Waals surface area contributed by atoms with Gasteiger partial charge in [-0.2, -0.15) is 13.2 Å². The first kappa shape index (κ1) is 18.8. The van der Waals surface area contributed by atoms with Crippen molar-refractivity contribution < 1.29 is 27.8 Å². The molecule has 3 rings (SSSR count). The number of halogens is 3. The average Bonchev–Trinajstić information content (AvgIpc) is 3.08. The normalized spacial score (nSPS) is 14.0. The van der Waals surface area contributed by atoms with Crippen molar-refractivity contribution in [2.75, 3.05) is 13.7 Å². The standard InChI is InChI=1S/C19H17F3N2O3/c1-27-14-8-7-12-9-16(24-15(12)10-14)17(25)23-11-18(26,19(20,21)22)13-5-3-2-4-6-13/h2-10,24,26H,11H2,1H3,(H,23,25). The molecule has 8 heteroatoms. The van der Waals surface area contributed by atoms with Crippen LogP contribution in [0.5, 0.6) is 5.75 Å². The third-order valence-corrected chi connectivity index (χ3v) is 4.30. The van der Waals surface area contributed by atoms with E-state index in [1.54, 1.807) is 18.2 Å². The van der Waals surface area contributed by atoms with Crippen LogP contribution in [0, 0.1) is 0 Å². The Hall–Kier alpha value is -3.00. The molecule has 0 fully saturated rings. The van der Waals surface area contributed by atoms with Gasteiger partial charge in [-0.15, -0.1) is 0 Å². The maximum absolute atomic E-state index is 13.5. The number of carbonyl (C=O) groups excluding carboxylic acids is 1. The molecule has 1 unspecified atom stereocenters. The number of fused-ring (bicyclic) bond motifs is 1. The second-order valence-electron chi connectivity index (χ2n) is 6.04. The predicted octanol–water partition coefficient (Wildman–Crippen LogP) is 3.36. The molecule has 3 aromatic rings. The van der Waals surface area contributed by atoms with Crippen molar-refractivity contribution in [3.8, 4) is 5.75 Å². The Labute approximate surface area is 152 Å². The van der Waals surface area contributed by atoms with Crippen molar-refractivity contribution >= 4 is 16.8 Å². The lowest BCUT2D eigenvalue weighted by molar-refractivity contribution is -0.263. The molecule has 142 valence electrons. The van der Waals surface area contributed by atoms with Gasteiger partial charge in [0.15, 0.2) is 0 Å². The number of aromatic amines is 1. The molecule has 0 aliphatic rings. The molecule has 3 N–H and O–H groups in total. The summed E-state index contributed by atoms with van der Waals surface area (Å²) in [6.07, 6.45) is -4.96. The highest BCUT2D eigenvalue weighted by molar-refractivity contribution is 5.98. The van der Waals surface area contributed by atoms with Crippen molar-refractivity contribution in [1.29, 1.82) is 0 Å². The molecule has 0 aliphatic heterocycles. The average molecular weight is 378 g/mol. The zero-order chi connectivity index (χ0) is 19.7. The number of amides is 1. The van der Waals surface area contributed by atoms with Crippen molar-refractivity contribution in [3.63, 3.8) is 0 Å². The Morgan fingerprint density at radius 2 is 1.85 bits per heavy atom. The van der Waals surface area contributed by atoms with Crippen molar-refractivity contribution in [1.82, 2.24) is 10.3 Å². The summed E-state index contributed by atoms with van der Waals surface area (Å²) in [6.45, 7) is -1.02. The Kier molecular flexibility index (Phi) is 4.84. The van der Waals surface area contributed by atoms with Crippen LogP contribution in [-0.4, -0.2) is 35.8 Å². The van der Waals surface area contributed by atoms with Crippen molar-refractivity contribution in [3.05, 3.63) is 65.9 Å². The highest BCUT2D eigenvalue weighted by atomic mass is 19.4. The van der Waals surface area contributed by atoms with E-state index >= 15 is 0 Å². The minimum Gasteiger partial charge on any atom is -0.497 e. The number of hydrogen-bond donors (Lipinski definition) is 3. The lowest BCUT2D eigenvalue weighted by atomic mass is 9.93. The van der Waals surface area contributed by atoms with Gasteiger partial charge in [-0.05, 0) is 23.8 Å². The van der Waals surface area contributed by atoms with Crippen LogP contribution in [0.1, 0.15) is 16.1 Å². The molecule has 5 nitrogen and oxygen atoms in total. The summed E-state index contributed by atoms with van der Waals surface area (Å²) in [5.74, 6) is -0.185. The van der Waals surface area contributed by atoms with E-state index in [9.17, 15) is 23.1 Å². The first-order chi connectivity index (χ1) is 12.7. The van der Waals surface area contributed by atoms with E-state index in [1.165, 1.54) is 31.4 Å². The van der Waals surface area contributed by atoms with E-state index in [4.69, 9.17) is 4.74 Å². The van der Waals surface area contributed by atoms with Gasteiger partial charge in [0.1, 0.15) is 11.4 Å². The fourth-order valence-electron chi connectivity index (χ4n) is 2.74. The summed E-state index contributed by atoms with van der Waals surface area (Å²) < 4.78 is 45.5. The van der Waals surface area contributed by atoms with Gasteiger partial charge >= 0.3 is 6.18 Å². The Morgan fingerprint density at radius 1 is 1.15 bits per heavy atom. The molecular weight excluding hydrogens is 361 g/mol. The van der Waals surface area contributed by atoms with Crippen LogP contribution in [0.3, 0.4) is 0 Å². The van der Waals surface area contributed by atoms with Gasteiger partial charge in [0, 0.05) is 17.0 Å². The van der Waals surface area contributed by atoms with E-state index < -0.39 is 24.2 Å². The molecule has 0 aliphatic carbocycles. The van der Waals surface area contributed by atoms with Crippen LogP contribution in [0.15, 0.2) is 54.6 Å². The molecule has 1 aromatic heterocycles. The molecule has 1 heterocycles. The number of alkyl halides is 3. The number of ether oxygens (including phenoxy) is 1. The summed E-state index contributed by atoms with van der Waals surface area (Å²) in [4.78, 5) is 15.2. The summed E-state index contributed by atoms with van der Waals surface area (Å²) in [5, 5.41) is 13.1. The van der Waals surface area contributed by atoms with E-state index in [2.05, 4.69) is 10.3 Å². The largest absolute Gasteiger partial charge is 0.497 e. The summed E-state index contributed by atoms with van der Waals surface area (Å²) in [7, 11) is 1.50. The quantitative estimate of drug-likeness (QED) is 0.637. The molecule has 27 heavy (non-hydrogen) atoms. The minimum atomic E-state index is -4.96. The SMILES string of the molecule is COc1ccc2cc(C(=O)NCC(O)(c3ccccc3)C(F)(F)F)[nH]c2c1. The minimum absolute atomic E-state index is 0.0795. The first-order valence-electron chi connectivity index (χ1n) is 8.04. The van der Waals surface area contributed by atoms with Gasteiger partial charge in [-0.25, -0.2) is 0 Å². The van der Waals surface area contributed by atoms with E-state index in [-0.39, 0.29) is 11.3 Å². The molecule has 0 radical (unpaired) electrons. The lowest BCUT2D eigenvalue weighted by Crippen LogP contribution is -2.51. The van der Waals surface area contributed by atoms with Gasteiger partial charge in [0.25, 0.3) is 5.91 Å². The monoisotopic (exact) mass is 378 g/mol. The third-order valence-electron chi connectivity index (χ3n) is 4.30. The van der Waals surface area contributed by atoms with Crippen LogP contribution in [0.25, 0.3) is 10.9 Å². The maximum atomic E-state index is 13.5. The number of hydrogen-bond acceptors (Lipinski definition) is 3. The van der Waals surface area contributed by atoms with E-state index in [0.717, 1.165) is 12.1 Å². The lowest BCUT2D eigenvalue weighted by Gasteiger charge is -2.31. The van der Waals surface area contributed by atoms with Gasteiger partial charge in [-0.1, -0.05) is 30.3 Å². The highest BCUT2D eigenvalue weighted by Crippen LogP contribution is 2.38. The van der Waals surface area contributed by atoms with Gasteiger partial charge in [0.05, 0.1) is 13.7 Å². The second kappa shape index (κ2) is 6.96. The Balaban J connectivity index is 1.82. The van der Waals surface area contributed by atoms with Crippen LogP contribution < -0.4 is 10.1 Å². The molecule has 1 amide bonds. The highest BCUT2D eigenvalue weighted by Gasteiger charge is 2.55. The van der Waals surface area contributed by atoms with Gasteiger partial charge < -0.3 is 20.1 Å². The summed E-state index contributed by atoms with van der Waals surface area (Å²) >= 11 is 0. The molecule has 0 saturated carbocycles. The molecular formula is C19H17F3N2O3. The number of methoxy groups -OCH3 is 1. The van der Waals surface area contributed by atoms with E-state index in [1.807, 2.05) is 0 Å². The fraction of sp³-hybridized carbons (Fsp3) is 0.211. The number of nitrogens with one attached hydrogen (secondary N) is 2. The number of benzene rings is 2. The van der Waals surface area contributed by atoms with Gasteiger partial charge in [0.2, 0.25) is 5.60 Å². The molecule has 1 atom stereocenters. The number of aliphatic hydroxyl groups is 1. The summed E-state index contributed by atoms with van der Waals surface area (Å²) in [5.41, 5.74) is -2.86. The molecule has 0 spiro atoms. The number of H-pyrrole nitrogens is 1. The predicted molar refractivity (Wildman–Crippen MR) is 93.6 cm³/mol. The van der Waals surface area contributed by atoms with Crippen LogP contribution in [0.2, 0.25) is 0 Å². The van der Waals surface area contributed by atoms with E-state index in [0.29, 0.717) is 16.7 Å². The molecule has 0 saturated heterocycles. The van der Waals surface area contributed by atoms with Crippen molar-refractivity contribution in [2.45, 2.75) is 11.8 Å². The van der Waals surface area contributed by atoms with Crippen LogP contribution in [0.4, 0.5) is 13.2 Å². The zero-order valence-electron chi connectivity index (χ0n) is 14.3. The third kappa shape index (κ3) is 3.61. The Morgan fingerprint density at radius 3 is 2.48 bits per heavy atom. The maximum Gasteiger partial charge on any atom is 0.423 e. The number of rotatable bonds is 5. The van der Waals surface area contributed by atoms with Crippen LogP contribution in [-0.2, 0) is 5.60 Å². The zero-order valence-corrected chi connectivity index (χ0v) is 14.3. The van der Waals surface area contributed by atoms with Crippen molar-refractivity contribution in [2.24, 2.45) is 0 Å². The second-order valence-corrected chi connectivity index (χ2v) is 6.04. The first-order valence-corrected chi connectivity index (χ1v) is 8.04. The topological polar surface area (TPSA) is 74.3 Å². The molecule has 2 aromatic carbocycles. The Bertz CT molecular complexity index is 954.